The molecule has 0 aliphatic heterocycles. The van der Waals surface area contributed by atoms with Gasteiger partial charge in [0.1, 0.15) is 11.6 Å². The molecular weight excluding hydrogens is 513 g/mol. The second kappa shape index (κ2) is 11.7. The van der Waals surface area contributed by atoms with Gasteiger partial charge in [0.05, 0.1) is 0 Å². The van der Waals surface area contributed by atoms with Crippen LogP contribution in [0.4, 0.5) is 30.7 Å². The third kappa shape index (κ3) is 6.60. The SMILES string of the molecule is CCC[C@H]1CC[C@H](c2ccc(OCC(F)(F)Oc3ccc(-c4cc(F)c(F)c(F)c4)c(F)c3)c(F)c2)CC1. The summed E-state index contributed by atoms with van der Waals surface area (Å²) in [5.41, 5.74) is 0.133. The van der Waals surface area contributed by atoms with E-state index in [1.165, 1.54) is 18.6 Å². The summed E-state index contributed by atoms with van der Waals surface area (Å²) in [6.07, 6.45) is 2.46. The smallest absolute Gasteiger partial charge is 0.433 e. The Labute approximate surface area is 216 Å². The predicted octanol–water partition coefficient (Wildman–Crippen LogP) is 9.17. The average molecular weight is 541 g/mol. The van der Waals surface area contributed by atoms with Gasteiger partial charge in [0.15, 0.2) is 35.6 Å². The maximum absolute atomic E-state index is 14.6. The van der Waals surface area contributed by atoms with Gasteiger partial charge in [0.2, 0.25) is 0 Å². The number of hydrogen-bond donors (Lipinski definition) is 0. The van der Waals surface area contributed by atoms with Crippen molar-refractivity contribution >= 4 is 0 Å². The molecule has 2 nitrogen and oxygen atoms in total. The van der Waals surface area contributed by atoms with Crippen molar-refractivity contribution in [2.45, 2.75) is 57.5 Å². The van der Waals surface area contributed by atoms with Crippen LogP contribution >= 0.6 is 0 Å². The standard InChI is InChI=1S/C29H27F7O2/c1-2-3-17-4-6-18(7-5-17)19-8-11-27(24(31)12-19)37-16-29(35,36)38-21-9-10-22(23(30)15-21)20-13-25(32)28(34)26(33)14-20/h8-15,17-18H,2-7,16H2,1H3/t17-,18-. The minimum atomic E-state index is -3.95. The van der Waals surface area contributed by atoms with Gasteiger partial charge in [-0.25, -0.2) is 22.0 Å². The van der Waals surface area contributed by atoms with Crippen LogP contribution in [-0.2, 0) is 0 Å². The largest absolute Gasteiger partial charge is 0.480 e. The lowest BCUT2D eigenvalue weighted by molar-refractivity contribution is -0.195. The Kier molecular flexibility index (Phi) is 8.53. The second-order valence-corrected chi connectivity index (χ2v) is 9.62. The molecule has 0 spiro atoms. The molecule has 9 heteroatoms. The highest BCUT2D eigenvalue weighted by Crippen LogP contribution is 2.38. The fourth-order valence-electron chi connectivity index (χ4n) is 4.95. The van der Waals surface area contributed by atoms with Gasteiger partial charge in [-0.05, 0) is 85.0 Å². The molecule has 0 radical (unpaired) electrons. The zero-order valence-corrected chi connectivity index (χ0v) is 20.7. The molecule has 0 saturated heterocycles. The summed E-state index contributed by atoms with van der Waals surface area (Å²) in [6, 6.07) is 7.97. The van der Waals surface area contributed by atoms with Crippen LogP contribution in [0.5, 0.6) is 11.5 Å². The Hall–Kier alpha value is -3.23. The summed E-state index contributed by atoms with van der Waals surface area (Å²) >= 11 is 0. The molecule has 0 bridgehead atoms. The summed E-state index contributed by atoms with van der Waals surface area (Å²) in [5, 5.41) is 0. The van der Waals surface area contributed by atoms with Crippen molar-refractivity contribution in [1.29, 1.82) is 0 Å². The molecular formula is C29H27F7O2. The Morgan fingerprint density at radius 3 is 2.08 bits per heavy atom. The van der Waals surface area contributed by atoms with Crippen molar-refractivity contribution in [3.8, 4) is 22.6 Å². The van der Waals surface area contributed by atoms with Gasteiger partial charge >= 0.3 is 6.11 Å². The zero-order valence-electron chi connectivity index (χ0n) is 20.7. The molecule has 0 heterocycles. The topological polar surface area (TPSA) is 18.5 Å². The number of halogens is 7. The van der Waals surface area contributed by atoms with Gasteiger partial charge in [-0.15, -0.1) is 0 Å². The first-order valence-corrected chi connectivity index (χ1v) is 12.5. The van der Waals surface area contributed by atoms with E-state index in [2.05, 4.69) is 11.7 Å². The fourth-order valence-corrected chi connectivity index (χ4v) is 4.95. The van der Waals surface area contributed by atoms with Crippen LogP contribution in [0.3, 0.4) is 0 Å². The molecule has 0 atom stereocenters. The molecule has 1 aliphatic carbocycles. The van der Waals surface area contributed by atoms with E-state index in [4.69, 9.17) is 4.74 Å². The number of rotatable bonds is 9. The minimum absolute atomic E-state index is 0.220. The maximum atomic E-state index is 14.6. The Balaban J connectivity index is 1.37. The van der Waals surface area contributed by atoms with Gasteiger partial charge in [-0.1, -0.05) is 25.8 Å². The molecule has 1 aliphatic rings. The van der Waals surface area contributed by atoms with Gasteiger partial charge in [-0.2, -0.15) is 8.78 Å². The lowest BCUT2D eigenvalue weighted by Gasteiger charge is -2.28. The van der Waals surface area contributed by atoms with Crippen molar-refractivity contribution in [2.75, 3.05) is 6.61 Å². The summed E-state index contributed by atoms with van der Waals surface area (Å²) in [7, 11) is 0. The molecule has 0 aromatic heterocycles. The first kappa shape index (κ1) is 27.8. The highest BCUT2D eigenvalue weighted by molar-refractivity contribution is 5.65. The average Bonchev–Trinajstić information content (AvgIpc) is 2.87. The second-order valence-electron chi connectivity index (χ2n) is 9.62. The van der Waals surface area contributed by atoms with Crippen molar-refractivity contribution in [1.82, 2.24) is 0 Å². The first-order chi connectivity index (χ1) is 18.1. The van der Waals surface area contributed by atoms with Gasteiger partial charge < -0.3 is 9.47 Å². The van der Waals surface area contributed by atoms with Gasteiger partial charge in [0.25, 0.3) is 0 Å². The number of hydrogen-bond acceptors (Lipinski definition) is 2. The molecule has 0 amide bonds. The highest BCUT2D eigenvalue weighted by Gasteiger charge is 2.34. The first-order valence-electron chi connectivity index (χ1n) is 12.5. The van der Waals surface area contributed by atoms with Crippen molar-refractivity contribution in [3.63, 3.8) is 0 Å². The number of ether oxygens (including phenoxy) is 2. The Morgan fingerprint density at radius 1 is 0.789 bits per heavy atom. The Morgan fingerprint density at radius 2 is 1.47 bits per heavy atom. The summed E-state index contributed by atoms with van der Waals surface area (Å²) in [4.78, 5) is 0. The van der Waals surface area contributed by atoms with Crippen LogP contribution < -0.4 is 9.47 Å². The Bertz CT molecular complexity index is 1250. The monoisotopic (exact) mass is 540 g/mol. The lowest BCUT2D eigenvalue weighted by Crippen LogP contribution is -2.32. The summed E-state index contributed by atoms with van der Waals surface area (Å²) in [5.74, 6) is -6.70. The van der Waals surface area contributed by atoms with Crippen LogP contribution in [0.2, 0.25) is 0 Å². The van der Waals surface area contributed by atoms with Gasteiger partial charge in [-0.3, -0.25) is 0 Å². The zero-order chi connectivity index (χ0) is 27.4. The van der Waals surface area contributed by atoms with E-state index >= 15 is 0 Å². The predicted molar refractivity (Wildman–Crippen MR) is 129 cm³/mol. The van der Waals surface area contributed by atoms with Crippen molar-refractivity contribution in [2.24, 2.45) is 5.92 Å². The molecule has 1 fully saturated rings. The highest BCUT2D eigenvalue weighted by atomic mass is 19.3. The van der Waals surface area contributed by atoms with Crippen LogP contribution in [-0.4, -0.2) is 12.7 Å². The van der Waals surface area contributed by atoms with E-state index in [1.54, 1.807) is 6.07 Å². The maximum Gasteiger partial charge on any atom is 0.433 e. The molecule has 0 unspecified atom stereocenters. The van der Waals surface area contributed by atoms with Crippen LogP contribution in [0.15, 0.2) is 48.5 Å². The number of alkyl halides is 2. The van der Waals surface area contributed by atoms with E-state index in [1.807, 2.05) is 0 Å². The quantitative estimate of drug-likeness (QED) is 0.199. The van der Waals surface area contributed by atoms with E-state index in [-0.39, 0.29) is 22.8 Å². The van der Waals surface area contributed by atoms with Crippen LogP contribution in [0.25, 0.3) is 11.1 Å². The van der Waals surface area contributed by atoms with E-state index in [0.717, 1.165) is 49.8 Å². The molecule has 38 heavy (non-hydrogen) atoms. The van der Waals surface area contributed by atoms with Crippen molar-refractivity contribution in [3.05, 3.63) is 83.2 Å². The normalized spacial score (nSPS) is 17.9. The molecule has 3 aromatic carbocycles. The lowest BCUT2D eigenvalue weighted by atomic mass is 9.77. The van der Waals surface area contributed by atoms with Crippen LogP contribution in [0.1, 0.15) is 56.9 Å². The minimum Gasteiger partial charge on any atom is -0.480 e. The molecule has 0 N–H and O–H groups in total. The van der Waals surface area contributed by atoms with Crippen LogP contribution in [0, 0.1) is 35.0 Å². The molecule has 1 saturated carbocycles. The van der Waals surface area contributed by atoms with Gasteiger partial charge in [0, 0.05) is 11.6 Å². The summed E-state index contributed by atoms with van der Waals surface area (Å²) in [6.45, 7) is 0.814. The molecule has 3 aromatic rings. The third-order valence-electron chi connectivity index (χ3n) is 6.87. The molecule has 204 valence electrons. The summed E-state index contributed by atoms with van der Waals surface area (Å²) < 4.78 is 107. The van der Waals surface area contributed by atoms with E-state index in [9.17, 15) is 30.7 Å². The van der Waals surface area contributed by atoms with Crippen molar-refractivity contribution < 1.29 is 40.2 Å². The third-order valence-corrected chi connectivity index (χ3v) is 6.87. The van der Waals surface area contributed by atoms with E-state index in [0.29, 0.717) is 24.1 Å². The number of benzene rings is 3. The fraction of sp³-hybridized carbons (Fsp3) is 0.379. The van der Waals surface area contributed by atoms with E-state index < -0.39 is 47.6 Å². The molecule has 4 rings (SSSR count).